The molecule has 7 heteroatoms. The molecule has 0 heterocycles. The third-order valence-electron chi connectivity index (χ3n) is 3.24. The number of carbonyl (C=O) groups is 3. The second-order valence-corrected chi connectivity index (χ2v) is 6.18. The number of methoxy groups -OCH3 is 1. The van der Waals surface area contributed by atoms with Gasteiger partial charge in [-0.15, -0.1) is 11.8 Å². The van der Waals surface area contributed by atoms with E-state index in [0.717, 1.165) is 17.0 Å². The van der Waals surface area contributed by atoms with Crippen molar-refractivity contribution in [1.29, 1.82) is 0 Å². The highest BCUT2D eigenvalue weighted by atomic mass is 32.2. The maximum absolute atomic E-state index is 12.3. The largest absolute Gasteiger partial charge is 0.497 e. The summed E-state index contributed by atoms with van der Waals surface area (Å²) in [5.41, 5.74) is 1.09. The Labute approximate surface area is 154 Å². The lowest BCUT2D eigenvalue weighted by Gasteiger charge is -2.06. The maximum atomic E-state index is 12.3. The topological polar surface area (TPSA) is 92.7 Å². The van der Waals surface area contributed by atoms with Gasteiger partial charge in [0.25, 0.3) is 0 Å². The molecule has 0 bridgehead atoms. The van der Waals surface area contributed by atoms with Crippen molar-refractivity contribution in [2.45, 2.75) is 4.90 Å². The minimum absolute atomic E-state index is 0.0345. The number of rotatable bonds is 8. The number of amides is 1. The lowest BCUT2D eigenvalue weighted by molar-refractivity contribution is -0.131. The summed E-state index contributed by atoms with van der Waals surface area (Å²) in [6.45, 7) is 0. The molecule has 2 rings (SSSR count). The zero-order chi connectivity index (χ0) is 18.9. The summed E-state index contributed by atoms with van der Waals surface area (Å²) < 4.78 is 5.11. The number of aliphatic carboxylic acids is 1. The maximum Gasteiger partial charge on any atom is 0.328 e. The van der Waals surface area contributed by atoms with Crippen LogP contribution in [0.25, 0.3) is 0 Å². The van der Waals surface area contributed by atoms with Crippen molar-refractivity contribution in [3.05, 3.63) is 66.2 Å². The molecule has 0 unspecified atom stereocenters. The fourth-order valence-corrected chi connectivity index (χ4v) is 2.87. The fourth-order valence-electron chi connectivity index (χ4n) is 2.02. The fraction of sp³-hybridized carbons (Fsp3) is 0.105. The Bertz CT molecular complexity index is 847. The van der Waals surface area contributed by atoms with Crippen LogP contribution in [0, 0.1) is 0 Å². The number of Topliss-reactive ketones (excluding diaryl/α,β-unsaturated/α-hetero) is 1. The van der Waals surface area contributed by atoms with Gasteiger partial charge in [0, 0.05) is 28.3 Å². The predicted octanol–water partition coefficient (Wildman–Crippen LogP) is 3.25. The number of anilines is 1. The molecule has 2 aromatic carbocycles. The van der Waals surface area contributed by atoms with Gasteiger partial charge in [-0.1, -0.05) is 18.2 Å². The van der Waals surface area contributed by atoms with Crippen molar-refractivity contribution >= 4 is 35.1 Å². The summed E-state index contributed by atoms with van der Waals surface area (Å²) >= 11 is 1.34. The average Bonchev–Trinajstić information content (AvgIpc) is 2.64. The third kappa shape index (κ3) is 6.10. The lowest BCUT2D eigenvalue weighted by Crippen LogP contribution is -2.08. The van der Waals surface area contributed by atoms with Crippen molar-refractivity contribution in [2.24, 2.45) is 0 Å². The van der Waals surface area contributed by atoms with E-state index in [9.17, 15) is 14.4 Å². The van der Waals surface area contributed by atoms with Crippen LogP contribution in [0.5, 0.6) is 5.75 Å². The van der Waals surface area contributed by atoms with E-state index in [2.05, 4.69) is 5.32 Å². The van der Waals surface area contributed by atoms with Crippen molar-refractivity contribution < 1.29 is 24.2 Å². The number of thioether (sulfide) groups is 1. The SMILES string of the molecule is COc1cccc(C(=O)CSc2cccc(NC(=O)/C=C/C(=O)O)c2)c1. The Kier molecular flexibility index (Phi) is 6.99. The first-order chi connectivity index (χ1) is 12.5. The Morgan fingerprint density at radius 1 is 1.12 bits per heavy atom. The van der Waals surface area contributed by atoms with Crippen molar-refractivity contribution in [1.82, 2.24) is 0 Å². The summed E-state index contributed by atoms with van der Waals surface area (Å²) in [4.78, 5) is 35.1. The van der Waals surface area contributed by atoms with Crippen LogP contribution >= 0.6 is 11.8 Å². The number of carbonyl (C=O) groups excluding carboxylic acids is 2. The van der Waals surface area contributed by atoms with Crippen LogP contribution in [0.4, 0.5) is 5.69 Å². The van der Waals surface area contributed by atoms with Gasteiger partial charge in [-0.05, 0) is 30.3 Å². The van der Waals surface area contributed by atoms with E-state index < -0.39 is 11.9 Å². The summed E-state index contributed by atoms with van der Waals surface area (Å²) in [5.74, 6) is -0.904. The number of hydrogen-bond acceptors (Lipinski definition) is 5. The molecule has 0 saturated heterocycles. The second kappa shape index (κ2) is 9.43. The molecule has 0 spiro atoms. The van der Waals surface area contributed by atoms with Crippen LogP contribution in [0.15, 0.2) is 65.6 Å². The third-order valence-corrected chi connectivity index (χ3v) is 4.23. The summed E-state index contributed by atoms with van der Waals surface area (Å²) in [6, 6.07) is 13.9. The highest BCUT2D eigenvalue weighted by Crippen LogP contribution is 2.23. The number of carboxylic acid groups (broad SMARTS) is 1. The second-order valence-electron chi connectivity index (χ2n) is 5.13. The normalized spacial score (nSPS) is 10.5. The first-order valence-electron chi connectivity index (χ1n) is 7.60. The molecule has 26 heavy (non-hydrogen) atoms. The monoisotopic (exact) mass is 371 g/mol. The average molecular weight is 371 g/mol. The molecule has 0 aliphatic rings. The molecule has 0 atom stereocenters. The Hall–Kier alpha value is -3.06. The quantitative estimate of drug-likeness (QED) is 0.420. The van der Waals surface area contributed by atoms with Gasteiger partial charge in [0.05, 0.1) is 12.9 Å². The number of hydrogen-bond donors (Lipinski definition) is 2. The highest BCUT2D eigenvalue weighted by molar-refractivity contribution is 8.00. The molecule has 0 radical (unpaired) electrons. The van der Waals surface area contributed by atoms with Crippen LogP contribution in [-0.2, 0) is 9.59 Å². The molecule has 0 aliphatic carbocycles. The van der Waals surface area contributed by atoms with E-state index in [1.54, 1.807) is 49.6 Å². The Morgan fingerprint density at radius 3 is 2.62 bits per heavy atom. The van der Waals surface area contributed by atoms with Crippen LogP contribution in [0.3, 0.4) is 0 Å². The molecular formula is C19H17NO5S. The molecule has 134 valence electrons. The van der Waals surface area contributed by atoms with Gasteiger partial charge in [0.2, 0.25) is 5.91 Å². The molecule has 2 aromatic rings. The molecule has 2 N–H and O–H groups in total. The molecule has 0 aromatic heterocycles. The van der Waals surface area contributed by atoms with E-state index in [4.69, 9.17) is 9.84 Å². The van der Waals surface area contributed by atoms with Crippen molar-refractivity contribution in [3.63, 3.8) is 0 Å². The van der Waals surface area contributed by atoms with Crippen LogP contribution in [-0.4, -0.2) is 35.6 Å². The van der Waals surface area contributed by atoms with Gasteiger partial charge in [0.1, 0.15) is 5.75 Å². The molecule has 0 aliphatic heterocycles. The van der Waals surface area contributed by atoms with Gasteiger partial charge in [-0.3, -0.25) is 9.59 Å². The number of carboxylic acids is 1. The molecule has 6 nitrogen and oxygen atoms in total. The van der Waals surface area contributed by atoms with Crippen molar-refractivity contribution in [3.8, 4) is 5.75 Å². The van der Waals surface area contributed by atoms with Crippen LogP contribution in [0.1, 0.15) is 10.4 Å². The van der Waals surface area contributed by atoms with E-state index in [1.807, 2.05) is 6.07 Å². The van der Waals surface area contributed by atoms with E-state index in [0.29, 0.717) is 17.0 Å². The molecular weight excluding hydrogens is 354 g/mol. The minimum Gasteiger partial charge on any atom is -0.497 e. The highest BCUT2D eigenvalue weighted by Gasteiger charge is 2.08. The number of nitrogens with one attached hydrogen (secondary N) is 1. The smallest absolute Gasteiger partial charge is 0.328 e. The predicted molar refractivity (Wildman–Crippen MR) is 99.9 cm³/mol. The van der Waals surface area contributed by atoms with E-state index in [1.165, 1.54) is 11.8 Å². The number of benzene rings is 2. The molecule has 0 fully saturated rings. The zero-order valence-electron chi connectivity index (χ0n) is 14.0. The Balaban J connectivity index is 1.96. The van der Waals surface area contributed by atoms with Gasteiger partial charge in [-0.25, -0.2) is 4.79 Å². The van der Waals surface area contributed by atoms with Crippen LogP contribution in [0.2, 0.25) is 0 Å². The first-order valence-corrected chi connectivity index (χ1v) is 8.58. The van der Waals surface area contributed by atoms with E-state index >= 15 is 0 Å². The van der Waals surface area contributed by atoms with Crippen molar-refractivity contribution in [2.75, 3.05) is 18.2 Å². The number of ether oxygens (including phenoxy) is 1. The summed E-state index contributed by atoms with van der Waals surface area (Å²) in [5, 5.41) is 11.1. The van der Waals surface area contributed by atoms with Gasteiger partial charge >= 0.3 is 5.97 Å². The zero-order valence-corrected chi connectivity index (χ0v) is 14.8. The van der Waals surface area contributed by atoms with Gasteiger partial charge < -0.3 is 15.2 Å². The summed E-state index contributed by atoms with van der Waals surface area (Å²) in [7, 11) is 1.55. The standard InChI is InChI=1S/C19H17NO5S/c1-25-15-6-2-4-13(10-15)17(21)12-26-16-7-3-5-14(11-16)20-18(22)8-9-19(23)24/h2-11H,12H2,1H3,(H,20,22)(H,23,24)/b9-8+. The molecule has 1 amide bonds. The first kappa shape index (κ1) is 19.3. The minimum atomic E-state index is -1.19. The Morgan fingerprint density at radius 2 is 1.88 bits per heavy atom. The van der Waals surface area contributed by atoms with E-state index in [-0.39, 0.29) is 11.5 Å². The number of ketones is 1. The van der Waals surface area contributed by atoms with Gasteiger partial charge in [-0.2, -0.15) is 0 Å². The van der Waals surface area contributed by atoms with Crippen LogP contribution < -0.4 is 10.1 Å². The van der Waals surface area contributed by atoms with Gasteiger partial charge in [0.15, 0.2) is 5.78 Å². The lowest BCUT2D eigenvalue weighted by atomic mass is 10.1. The summed E-state index contributed by atoms with van der Waals surface area (Å²) in [6.07, 6.45) is 1.70. The molecule has 0 saturated carbocycles.